The van der Waals surface area contributed by atoms with Gasteiger partial charge in [-0.2, -0.15) is 0 Å². The fraction of sp³-hybridized carbons (Fsp3) is 0.533. The minimum atomic E-state index is 0.0892. The van der Waals surface area contributed by atoms with Gasteiger partial charge < -0.3 is 9.64 Å². The number of rotatable bonds is 4. The van der Waals surface area contributed by atoms with Gasteiger partial charge in [0.25, 0.3) is 5.91 Å². The summed E-state index contributed by atoms with van der Waals surface area (Å²) in [6, 6.07) is 6.05. The Balaban J connectivity index is 1.94. The van der Waals surface area contributed by atoms with Gasteiger partial charge in [0.15, 0.2) is 6.61 Å². The van der Waals surface area contributed by atoms with Crippen molar-refractivity contribution < 1.29 is 9.53 Å². The molecule has 0 aliphatic carbocycles. The van der Waals surface area contributed by atoms with Crippen LogP contribution in [0.3, 0.4) is 0 Å². The second kappa shape index (κ2) is 7.46. The van der Waals surface area contributed by atoms with Gasteiger partial charge in [-0.05, 0) is 59.8 Å². The van der Waals surface area contributed by atoms with Gasteiger partial charge in [0.05, 0.1) is 4.47 Å². The molecule has 0 radical (unpaired) electrons. The van der Waals surface area contributed by atoms with Crippen LogP contribution in [-0.4, -0.2) is 30.0 Å². The fourth-order valence-electron chi connectivity index (χ4n) is 2.57. The number of halogens is 2. The molecule has 1 aliphatic rings. The Hall–Kier alpha value is -0.550. The van der Waals surface area contributed by atoms with Crippen LogP contribution in [0.25, 0.3) is 0 Å². The molecule has 0 bridgehead atoms. The molecule has 2 rings (SSSR count). The summed E-state index contributed by atoms with van der Waals surface area (Å²) < 4.78 is 7.47. The molecule has 0 N–H and O–H groups in total. The van der Waals surface area contributed by atoms with Crippen LogP contribution < -0.4 is 4.74 Å². The summed E-state index contributed by atoms with van der Waals surface area (Å²) in [5.41, 5.74) is 0. The van der Waals surface area contributed by atoms with Crippen molar-refractivity contribution in [2.75, 3.05) is 13.2 Å². The lowest BCUT2D eigenvalue weighted by Gasteiger charge is -2.35. The van der Waals surface area contributed by atoms with Crippen molar-refractivity contribution in [3.8, 4) is 5.75 Å². The van der Waals surface area contributed by atoms with E-state index in [9.17, 15) is 4.79 Å². The van der Waals surface area contributed by atoms with E-state index in [0.29, 0.717) is 11.8 Å². The maximum absolute atomic E-state index is 12.3. The van der Waals surface area contributed by atoms with Crippen LogP contribution in [-0.2, 0) is 4.79 Å². The molecular weight excluding hydrogens is 386 g/mol. The average molecular weight is 405 g/mol. The quantitative estimate of drug-likeness (QED) is 0.745. The van der Waals surface area contributed by atoms with E-state index in [1.807, 2.05) is 23.1 Å². The fourth-order valence-corrected chi connectivity index (χ4v) is 3.73. The molecule has 1 aliphatic heterocycles. The minimum absolute atomic E-state index is 0.0892. The molecule has 1 amide bonds. The van der Waals surface area contributed by atoms with Crippen molar-refractivity contribution in [2.24, 2.45) is 0 Å². The van der Waals surface area contributed by atoms with Crippen LogP contribution in [0, 0.1) is 0 Å². The Morgan fingerprint density at radius 1 is 1.40 bits per heavy atom. The van der Waals surface area contributed by atoms with E-state index in [4.69, 9.17) is 4.74 Å². The summed E-state index contributed by atoms with van der Waals surface area (Å²) >= 11 is 6.83. The van der Waals surface area contributed by atoms with Crippen molar-refractivity contribution >= 4 is 37.8 Å². The van der Waals surface area contributed by atoms with Gasteiger partial charge in [-0.25, -0.2) is 0 Å². The van der Waals surface area contributed by atoms with Crippen LogP contribution in [0.2, 0.25) is 0 Å². The number of hydrogen-bond donors (Lipinski definition) is 0. The van der Waals surface area contributed by atoms with Crippen molar-refractivity contribution in [1.82, 2.24) is 4.90 Å². The number of carbonyl (C=O) groups excluding carboxylic acids is 1. The number of piperidine rings is 1. The van der Waals surface area contributed by atoms with Crippen molar-refractivity contribution in [2.45, 2.75) is 38.6 Å². The third-order valence-corrected chi connectivity index (χ3v) is 4.78. The van der Waals surface area contributed by atoms with Crippen LogP contribution in [0.1, 0.15) is 32.6 Å². The van der Waals surface area contributed by atoms with Crippen molar-refractivity contribution in [3.05, 3.63) is 27.1 Å². The highest BCUT2D eigenvalue weighted by Crippen LogP contribution is 2.28. The van der Waals surface area contributed by atoms with Crippen LogP contribution in [0.5, 0.6) is 5.75 Å². The van der Waals surface area contributed by atoms with E-state index in [0.717, 1.165) is 34.8 Å². The average Bonchev–Trinajstić information content (AvgIpc) is 2.46. The monoisotopic (exact) mass is 403 g/mol. The lowest BCUT2D eigenvalue weighted by atomic mass is 10.00. The van der Waals surface area contributed by atoms with Crippen LogP contribution >= 0.6 is 31.9 Å². The smallest absolute Gasteiger partial charge is 0.260 e. The van der Waals surface area contributed by atoms with Crippen LogP contribution in [0.4, 0.5) is 0 Å². The maximum atomic E-state index is 12.3. The first-order valence-corrected chi connectivity index (χ1v) is 8.57. The molecule has 20 heavy (non-hydrogen) atoms. The molecule has 0 unspecified atom stereocenters. The SMILES string of the molecule is CC[C@H]1CCCCN1C(=O)COc1ccc(Br)cc1Br. The number of amides is 1. The molecule has 5 heteroatoms. The Morgan fingerprint density at radius 2 is 2.20 bits per heavy atom. The first kappa shape index (κ1) is 15.8. The highest BCUT2D eigenvalue weighted by molar-refractivity contribution is 9.11. The minimum Gasteiger partial charge on any atom is -0.483 e. The van der Waals surface area contributed by atoms with Gasteiger partial charge in [0, 0.05) is 17.1 Å². The molecule has 0 spiro atoms. The molecule has 1 aromatic rings. The van der Waals surface area contributed by atoms with Gasteiger partial charge in [-0.1, -0.05) is 22.9 Å². The van der Waals surface area contributed by atoms with E-state index < -0.39 is 0 Å². The number of carbonyl (C=O) groups is 1. The predicted octanol–water partition coefficient (Wildman–Crippen LogP) is 4.38. The summed E-state index contributed by atoms with van der Waals surface area (Å²) in [6.45, 7) is 3.11. The molecule has 110 valence electrons. The van der Waals surface area contributed by atoms with Gasteiger partial charge in [-0.15, -0.1) is 0 Å². The number of ether oxygens (including phenoxy) is 1. The zero-order chi connectivity index (χ0) is 14.5. The Bertz CT molecular complexity index is 479. The van der Waals surface area contributed by atoms with E-state index in [-0.39, 0.29) is 12.5 Å². The predicted molar refractivity (Wildman–Crippen MR) is 87.0 cm³/mol. The number of benzene rings is 1. The molecular formula is C15H19Br2NO2. The highest BCUT2D eigenvalue weighted by Gasteiger charge is 2.25. The van der Waals surface area contributed by atoms with Crippen molar-refractivity contribution in [1.29, 1.82) is 0 Å². The number of nitrogens with zero attached hydrogens (tertiary/aromatic N) is 1. The molecule has 1 fully saturated rings. The zero-order valence-corrected chi connectivity index (χ0v) is 14.7. The van der Waals surface area contributed by atoms with Gasteiger partial charge >= 0.3 is 0 Å². The molecule has 3 nitrogen and oxygen atoms in total. The molecule has 1 saturated heterocycles. The van der Waals surface area contributed by atoms with Gasteiger partial charge in [0.1, 0.15) is 5.75 Å². The molecule has 1 aromatic carbocycles. The summed E-state index contributed by atoms with van der Waals surface area (Å²) in [7, 11) is 0. The summed E-state index contributed by atoms with van der Waals surface area (Å²) in [5, 5.41) is 0. The van der Waals surface area contributed by atoms with Crippen molar-refractivity contribution in [3.63, 3.8) is 0 Å². The molecule has 1 atom stereocenters. The number of hydrogen-bond acceptors (Lipinski definition) is 2. The van der Waals surface area contributed by atoms with Gasteiger partial charge in [0.2, 0.25) is 0 Å². The van der Waals surface area contributed by atoms with E-state index in [1.165, 1.54) is 6.42 Å². The summed E-state index contributed by atoms with van der Waals surface area (Å²) in [5.74, 6) is 0.790. The zero-order valence-electron chi connectivity index (χ0n) is 11.6. The lowest BCUT2D eigenvalue weighted by molar-refractivity contribution is -0.137. The van der Waals surface area contributed by atoms with E-state index in [2.05, 4.69) is 38.8 Å². The van der Waals surface area contributed by atoms with Gasteiger partial charge in [-0.3, -0.25) is 4.79 Å². The normalized spacial score (nSPS) is 18.9. The standard InChI is InChI=1S/C15H19Br2NO2/c1-2-12-5-3-4-8-18(12)15(19)10-20-14-7-6-11(16)9-13(14)17/h6-7,9,12H,2-5,8,10H2,1H3/t12-/m0/s1. The largest absolute Gasteiger partial charge is 0.483 e. The lowest BCUT2D eigenvalue weighted by Crippen LogP contribution is -2.45. The topological polar surface area (TPSA) is 29.5 Å². The summed E-state index contributed by atoms with van der Waals surface area (Å²) in [6.07, 6.45) is 4.46. The van der Waals surface area contributed by atoms with E-state index in [1.54, 1.807) is 0 Å². The Morgan fingerprint density at radius 3 is 2.90 bits per heavy atom. The Kier molecular flexibility index (Phi) is 5.90. The second-order valence-corrected chi connectivity index (χ2v) is 6.78. The Labute approximate surface area is 136 Å². The van der Waals surface area contributed by atoms with Crippen LogP contribution in [0.15, 0.2) is 27.1 Å². The third-order valence-electron chi connectivity index (χ3n) is 3.66. The number of likely N-dealkylation sites (tertiary alicyclic amines) is 1. The summed E-state index contributed by atoms with van der Waals surface area (Å²) in [4.78, 5) is 14.3. The first-order valence-electron chi connectivity index (χ1n) is 6.99. The van der Waals surface area contributed by atoms with E-state index >= 15 is 0 Å². The third kappa shape index (κ3) is 3.98. The molecule has 1 heterocycles. The molecule has 0 saturated carbocycles. The highest BCUT2D eigenvalue weighted by atomic mass is 79.9. The first-order chi connectivity index (χ1) is 9.61. The second-order valence-electron chi connectivity index (χ2n) is 5.01. The maximum Gasteiger partial charge on any atom is 0.260 e. The molecule has 0 aromatic heterocycles.